The van der Waals surface area contributed by atoms with E-state index in [9.17, 15) is 4.79 Å². The second kappa shape index (κ2) is 6.98. The second-order valence-corrected chi connectivity index (χ2v) is 5.08. The second-order valence-electron chi connectivity index (χ2n) is 4.24. The number of halogens is 2. The largest absolute Gasteiger partial charge is 0.334 e. The first-order valence-electron chi connectivity index (χ1n) is 6.07. The van der Waals surface area contributed by atoms with Crippen LogP contribution in [-0.2, 0) is 6.54 Å². The summed E-state index contributed by atoms with van der Waals surface area (Å²) in [7, 11) is 0. The molecule has 0 atom stereocenters. The molecule has 0 radical (unpaired) electrons. The van der Waals surface area contributed by atoms with Crippen molar-refractivity contribution in [3.63, 3.8) is 0 Å². The molecule has 0 heterocycles. The zero-order chi connectivity index (χ0) is 15.2. The molecule has 6 heteroatoms. The number of urea groups is 1. The van der Waals surface area contributed by atoms with Crippen LogP contribution in [0.15, 0.2) is 42.5 Å². The Morgan fingerprint density at radius 1 is 1.14 bits per heavy atom. The zero-order valence-electron chi connectivity index (χ0n) is 10.9. The number of rotatable bonds is 3. The number of benzene rings is 2. The molecule has 0 fully saturated rings. The Morgan fingerprint density at radius 3 is 2.52 bits per heavy atom. The number of hydrogen-bond acceptors (Lipinski definition) is 2. The van der Waals surface area contributed by atoms with Crippen LogP contribution in [0.4, 0.5) is 10.5 Å². The van der Waals surface area contributed by atoms with Gasteiger partial charge in [-0.15, -0.1) is 0 Å². The van der Waals surface area contributed by atoms with Gasteiger partial charge in [0.15, 0.2) is 0 Å². The van der Waals surface area contributed by atoms with Crippen LogP contribution in [0.5, 0.6) is 0 Å². The van der Waals surface area contributed by atoms with Gasteiger partial charge in [0.2, 0.25) is 0 Å². The average molecular weight is 320 g/mol. The number of nitriles is 1. The fourth-order valence-electron chi connectivity index (χ4n) is 1.64. The third-order valence-electron chi connectivity index (χ3n) is 2.71. The highest BCUT2D eigenvalue weighted by Crippen LogP contribution is 2.25. The SMILES string of the molecule is N#Cc1ccc(CNC(=O)Nc2cc(Cl)ccc2Cl)cc1. The Balaban J connectivity index is 1.92. The third kappa shape index (κ3) is 4.38. The first-order chi connectivity index (χ1) is 10.1. The maximum atomic E-state index is 11.8. The maximum Gasteiger partial charge on any atom is 0.319 e. The smallest absolute Gasteiger partial charge is 0.319 e. The average Bonchev–Trinajstić information content (AvgIpc) is 2.49. The van der Waals surface area contributed by atoms with E-state index in [1.54, 1.807) is 42.5 Å². The molecule has 0 spiro atoms. The summed E-state index contributed by atoms with van der Waals surface area (Å²) in [5.74, 6) is 0. The van der Waals surface area contributed by atoms with Crippen molar-refractivity contribution in [2.45, 2.75) is 6.54 Å². The zero-order valence-corrected chi connectivity index (χ0v) is 12.4. The molecular weight excluding hydrogens is 309 g/mol. The summed E-state index contributed by atoms with van der Waals surface area (Å²) in [4.78, 5) is 11.8. The minimum Gasteiger partial charge on any atom is -0.334 e. The van der Waals surface area contributed by atoms with E-state index < -0.39 is 0 Å². The molecule has 0 saturated heterocycles. The summed E-state index contributed by atoms with van der Waals surface area (Å²) in [5.41, 5.74) is 1.91. The highest BCUT2D eigenvalue weighted by molar-refractivity contribution is 6.35. The Labute approximate surface area is 132 Å². The predicted octanol–water partition coefficient (Wildman–Crippen LogP) is 4.19. The van der Waals surface area contributed by atoms with E-state index in [-0.39, 0.29) is 6.03 Å². The molecule has 0 aliphatic heterocycles. The van der Waals surface area contributed by atoms with E-state index >= 15 is 0 Å². The molecule has 0 saturated carbocycles. The lowest BCUT2D eigenvalue weighted by Gasteiger charge is -2.09. The third-order valence-corrected chi connectivity index (χ3v) is 3.28. The van der Waals surface area contributed by atoms with Crippen LogP contribution in [0.2, 0.25) is 10.0 Å². The maximum absolute atomic E-state index is 11.8. The Morgan fingerprint density at radius 2 is 1.86 bits per heavy atom. The first kappa shape index (κ1) is 15.2. The molecule has 2 N–H and O–H groups in total. The minimum absolute atomic E-state index is 0.343. The van der Waals surface area contributed by atoms with E-state index in [2.05, 4.69) is 10.6 Å². The lowest BCUT2D eigenvalue weighted by Crippen LogP contribution is -2.28. The summed E-state index contributed by atoms with van der Waals surface area (Å²) < 4.78 is 0. The topological polar surface area (TPSA) is 64.9 Å². The van der Waals surface area contributed by atoms with Crippen molar-refractivity contribution in [3.8, 4) is 6.07 Å². The number of amides is 2. The standard InChI is InChI=1S/C15H11Cl2N3O/c16-12-5-6-13(17)14(7-12)20-15(21)19-9-11-3-1-10(8-18)2-4-11/h1-7H,9H2,(H2,19,20,21). The van der Waals surface area contributed by atoms with Gasteiger partial charge in [0.25, 0.3) is 0 Å². The number of nitrogens with zero attached hydrogens (tertiary/aromatic N) is 1. The molecular formula is C15H11Cl2N3O. The summed E-state index contributed by atoms with van der Waals surface area (Å²) in [5, 5.41) is 14.9. The van der Waals surface area contributed by atoms with Crippen molar-refractivity contribution in [2.24, 2.45) is 0 Å². The molecule has 21 heavy (non-hydrogen) atoms. The van der Waals surface area contributed by atoms with E-state index in [1.165, 1.54) is 0 Å². The lowest BCUT2D eigenvalue weighted by atomic mass is 10.1. The molecule has 2 aromatic carbocycles. The summed E-state index contributed by atoms with van der Waals surface area (Å²) in [6.07, 6.45) is 0. The van der Waals surface area contributed by atoms with Gasteiger partial charge in [0.1, 0.15) is 0 Å². The number of carbonyl (C=O) groups excluding carboxylic acids is 1. The van der Waals surface area contributed by atoms with Gasteiger partial charge in [-0.1, -0.05) is 35.3 Å². The van der Waals surface area contributed by atoms with Crippen LogP contribution in [0.1, 0.15) is 11.1 Å². The number of carbonyl (C=O) groups is 1. The van der Waals surface area contributed by atoms with Crippen molar-refractivity contribution in [1.82, 2.24) is 5.32 Å². The van der Waals surface area contributed by atoms with Gasteiger partial charge >= 0.3 is 6.03 Å². The quantitative estimate of drug-likeness (QED) is 0.891. The Hall–Kier alpha value is -2.22. The van der Waals surface area contributed by atoms with Crippen LogP contribution in [0.3, 0.4) is 0 Å². The molecule has 106 valence electrons. The van der Waals surface area contributed by atoms with Gasteiger partial charge in [-0.2, -0.15) is 5.26 Å². The molecule has 0 aliphatic carbocycles. The number of hydrogen-bond donors (Lipinski definition) is 2. The Bertz CT molecular complexity index is 693. The molecule has 2 amide bonds. The summed E-state index contributed by atoms with van der Waals surface area (Å²) in [6, 6.07) is 13.4. The highest BCUT2D eigenvalue weighted by Gasteiger charge is 2.06. The Kier molecular flexibility index (Phi) is 5.04. The first-order valence-corrected chi connectivity index (χ1v) is 6.83. The minimum atomic E-state index is -0.386. The van der Waals surface area contributed by atoms with Crippen molar-refractivity contribution in [3.05, 3.63) is 63.6 Å². The van der Waals surface area contributed by atoms with E-state index in [0.29, 0.717) is 27.8 Å². The van der Waals surface area contributed by atoms with Gasteiger partial charge in [0.05, 0.1) is 22.3 Å². The predicted molar refractivity (Wildman–Crippen MR) is 83.5 cm³/mol. The van der Waals surface area contributed by atoms with Crippen LogP contribution in [0, 0.1) is 11.3 Å². The molecule has 0 aliphatic rings. The molecule has 0 aromatic heterocycles. The van der Waals surface area contributed by atoms with Crippen LogP contribution < -0.4 is 10.6 Å². The molecule has 0 bridgehead atoms. The molecule has 2 aromatic rings. The molecule has 0 unspecified atom stereocenters. The number of nitrogens with one attached hydrogen (secondary N) is 2. The van der Waals surface area contributed by atoms with Crippen molar-refractivity contribution >= 4 is 34.9 Å². The fraction of sp³-hybridized carbons (Fsp3) is 0.0667. The van der Waals surface area contributed by atoms with E-state index in [0.717, 1.165) is 5.56 Å². The van der Waals surface area contributed by atoms with Gasteiger partial charge < -0.3 is 10.6 Å². The van der Waals surface area contributed by atoms with Gasteiger partial charge in [-0.3, -0.25) is 0 Å². The summed E-state index contributed by atoms with van der Waals surface area (Å²) in [6.45, 7) is 0.343. The van der Waals surface area contributed by atoms with E-state index in [4.69, 9.17) is 28.5 Å². The monoisotopic (exact) mass is 319 g/mol. The normalized spacial score (nSPS) is 9.76. The highest BCUT2D eigenvalue weighted by atomic mass is 35.5. The van der Waals surface area contributed by atoms with Crippen LogP contribution in [-0.4, -0.2) is 6.03 Å². The van der Waals surface area contributed by atoms with Crippen LogP contribution in [0.25, 0.3) is 0 Å². The van der Waals surface area contributed by atoms with Crippen molar-refractivity contribution in [2.75, 3.05) is 5.32 Å². The molecule has 2 rings (SSSR count). The van der Waals surface area contributed by atoms with Crippen molar-refractivity contribution in [1.29, 1.82) is 5.26 Å². The number of anilines is 1. The fourth-order valence-corrected chi connectivity index (χ4v) is 1.98. The van der Waals surface area contributed by atoms with Crippen molar-refractivity contribution < 1.29 is 4.79 Å². The van der Waals surface area contributed by atoms with Gasteiger partial charge in [-0.05, 0) is 35.9 Å². The lowest BCUT2D eigenvalue weighted by molar-refractivity contribution is 0.251. The van der Waals surface area contributed by atoms with Gasteiger partial charge in [0, 0.05) is 11.6 Å². The summed E-state index contributed by atoms with van der Waals surface area (Å²) >= 11 is 11.8. The van der Waals surface area contributed by atoms with Crippen LogP contribution >= 0.6 is 23.2 Å². The van der Waals surface area contributed by atoms with Gasteiger partial charge in [-0.25, -0.2) is 4.79 Å². The van der Waals surface area contributed by atoms with E-state index in [1.807, 2.05) is 6.07 Å². The molecule has 4 nitrogen and oxygen atoms in total.